The van der Waals surface area contributed by atoms with Gasteiger partial charge in [-0.15, -0.1) is 23.2 Å². The normalized spacial score (nSPS) is 18.3. The molecule has 1 aliphatic carbocycles. The number of aryl methyl sites for hydroxylation is 1. The zero-order valence-corrected chi connectivity index (χ0v) is 22.2. The third-order valence-corrected chi connectivity index (χ3v) is 8.12. The summed E-state index contributed by atoms with van der Waals surface area (Å²) in [6, 6.07) is 15.1. The van der Waals surface area contributed by atoms with Crippen LogP contribution in [0.5, 0.6) is 0 Å². The average molecular weight is 602 g/mol. The predicted molar refractivity (Wildman–Crippen MR) is 143 cm³/mol. The Balaban J connectivity index is 1.51. The first kappa shape index (κ1) is 25.1. The fourth-order valence-corrected chi connectivity index (χ4v) is 5.25. The Hall–Kier alpha value is -1.96. The molecule has 1 aliphatic rings. The van der Waals surface area contributed by atoms with Crippen LogP contribution in [0.1, 0.15) is 27.4 Å². The number of hydrogen-bond donors (Lipinski definition) is 3. The van der Waals surface area contributed by atoms with Crippen molar-refractivity contribution >= 4 is 91.2 Å². The first-order valence-electron chi connectivity index (χ1n) is 10.1. The number of anilines is 3. The van der Waals surface area contributed by atoms with Crippen LogP contribution >= 0.6 is 62.3 Å². The van der Waals surface area contributed by atoms with Crippen molar-refractivity contribution in [3.8, 4) is 0 Å². The van der Waals surface area contributed by atoms with Gasteiger partial charge in [-0.05, 0) is 82.5 Å². The SMILES string of the molecule is Cc1cc(N)ccc1NC(=O)c1cc(NC(=O)C2C(c3ccc(Br)c(Cl)c3)C2(Cl)Cl)ccc1Cl. The molecular weight excluding hydrogens is 584 g/mol. The number of halogens is 5. The smallest absolute Gasteiger partial charge is 0.257 e. The number of nitrogens with two attached hydrogens (primary N) is 1. The summed E-state index contributed by atoms with van der Waals surface area (Å²) < 4.78 is -0.545. The largest absolute Gasteiger partial charge is 0.399 e. The van der Waals surface area contributed by atoms with Crippen molar-refractivity contribution in [1.82, 2.24) is 0 Å². The van der Waals surface area contributed by atoms with Gasteiger partial charge in [0.15, 0.2) is 0 Å². The lowest BCUT2D eigenvalue weighted by Crippen LogP contribution is -2.18. The van der Waals surface area contributed by atoms with E-state index < -0.39 is 22.1 Å². The van der Waals surface area contributed by atoms with Gasteiger partial charge in [-0.3, -0.25) is 9.59 Å². The predicted octanol–water partition coefficient (Wildman–Crippen LogP) is 7.42. The molecule has 2 unspecified atom stereocenters. The molecule has 0 heterocycles. The van der Waals surface area contributed by atoms with E-state index in [4.69, 9.17) is 52.1 Å². The molecule has 2 atom stereocenters. The molecule has 4 rings (SSSR count). The first-order valence-corrected chi connectivity index (χ1v) is 12.4. The van der Waals surface area contributed by atoms with Crippen molar-refractivity contribution in [2.75, 3.05) is 16.4 Å². The summed E-state index contributed by atoms with van der Waals surface area (Å²) in [4.78, 5) is 25.8. The fraction of sp³-hybridized carbons (Fsp3) is 0.167. The van der Waals surface area contributed by atoms with E-state index in [1.165, 1.54) is 12.1 Å². The molecule has 0 aliphatic heterocycles. The molecule has 34 heavy (non-hydrogen) atoms. The molecule has 3 aromatic rings. The van der Waals surface area contributed by atoms with Crippen LogP contribution in [0.25, 0.3) is 0 Å². The minimum Gasteiger partial charge on any atom is -0.399 e. The van der Waals surface area contributed by atoms with Crippen LogP contribution in [0.15, 0.2) is 59.1 Å². The summed E-state index contributed by atoms with van der Waals surface area (Å²) in [6.45, 7) is 1.83. The highest BCUT2D eigenvalue weighted by Crippen LogP contribution is 2.65. The summed E-state index contributed by atoms with van der Waals surface area (Å²) in [5.74, 6) is -1.92. The number of alkyl halides is 2. The number of rotatable bonds is 5. The molecule has 10 heteroatoms. The lowest BCUT2D eigenvalue weighted by Gasteiger charge is -2.12. The molecule has 1 fully saturated rings. The van der Waals surface area contributed by atoms with E-state index >= 15 is 0 Å². The zero-order valence-electron chi connectivity index (χ0n) is 17.6. The van der Waals surface area contributed by atoms with Gasteiger partial charge in [-0.2, -0.15) is 0 Å². The standard InChI is InChI=1S/C24H18BrCl4N3O2/c1-11-8-13(30)3-7-19(11)32-22(33)15-10-14(4-6-17(15)26)31-23(34)21-20(24(21,28)29)12-2-5-16(25)18(27)9-12/h2-10,20-21H,30H2,1H3,(H,31,34)(H,32,33). The van der Waals surface area contributed by atoms with E-state index in [9.17, 15) is 9.59 Å². The molecule has 0 aromatic heterocycles. The van der Waals surface area contributed by atoms with Gasteiger partial charge in [0, 0.05) is 27.5 Å². The van der Waals surface area contributed by atoms with E-state index in [-0.39, 0.29) is 16.5 Å². The summed E-state index contributed by atoms with van der Waals surface area (Å²) in [7, 11) is 0. The number of carbonyl (C=O) groups is 2. The van der Waals surface area contributed by atoms with Crippen molar-refractivity contribution in [2.24, 2.45) is 5.92 Å². The van der Waals surface area contributed by atoms with E-state index in [0.29, 0.717) is 22.1 Å². The number of carbonyl (C=O) groups excluding carboxylic acids is 2. The van der Waals surface area contributed by atoms with Crippen molar-refractivity contribution in [3.63, 3.8) is 0 Å². The lowest BCUT2D eigenvalue weighted by molar-refractivity contribution is -0.117. The Labute approximate surface area is 225 Å². The monoisotopic (exact) mass is 599 g/mol. The summed E-state index contributed by atoms with van der Waals surface area (Å²) >= 11 is 28.7. The van der Waals surface area contributed by atoms with Gasteiger partial charge in [-0.1, -0.05) is 29.3 Å². The maximum absolute atomic E-state index is 13.0. The van der Waals surface area contributed by atoms with Crippen LogP contribution < -0.4 is 16.4 Å². The molecule has 4 N–H and O–H groups in total. The van der Waals surface area contributed by atoms with Crippen molar-refractivity contribution < 1.29 is 9.59 Å². The summed E-state index contributed by atoms with van der Waals surface area (Å²) in [5, 5.41) is 6.33. The minimum absolute atomic E-state index is 0.200. The maximum atomic E-state index is 13.0. The van der Waals surface area contributed by atoms with Gasteiger partial charge < -0.3 is 16.4 Å². The molecule has 1 saturated carbocycles. The highest BCUT2D eigenvalue weighted by atomic mass is 79.9. The molecule has 0 bridgehead atoms. The fourth-order valence-electron chi connectivity index (χ4n) is 3.79. The Kier molecular flexibility index (Phi) is 7.09. The van der Waals surface area contributed by atoms with Gasteiger partial charge >= 0.3 is 0 Å². The highest BCUT2D eigenvalue weighted by molar-refractivity contribution is 9.10. The van der Waals surface area contributed by atoms with Crippen molar-refractivity contribution in [1.29, 1.82) is 0 Å². The lowest BCUT2D eigenvalue weighted by atomic mass is 10.1. The quantitative estimate of drug-likeness (QED) is 0.210. The third kappa shape index (κ3) is 5.02. The van der Waals surface area contributed by atoms with Crippen LogP contribution in [-0.4, -0.2) is 16.1 Å². The Morgan fingerprint density at radius 2 is 1.71 bits per heavy atom. The van der Waals surface area contributed by atoms with E-state index in [0.717, 1.165) is 15.6 Å². The zero-order chi connectivity index (χ0) is 24.8. The number of hydrogen-bond acceptors (Lipinski definition) is 3. The average Bonchev–Trinajstić information content (AvgIpc) is 3.35. The van der Waals surface area contributed by atoms with E-state index in [1.54, 1.807) is 36.4 Å². The van der Waals surface area contributed by atoms with Crippen molar-refractivity contribution in [2.45, 2.75) is 17.2 Å². The van der Waals surface area contributed by atoms with Gasteiger partial charge in [0.1, 0.15) is 4.33 Å². The van der Waals surface area contributed by atoms with Crippen molar-refractivity contribution in [3.05, 3.63) is 85.8 Å². The van der Waals surface area contributed by atoms with Gasteiger partial charge in [0.25, 0.3) is 5.91 Å². The Morgan fingerprint density at radius 1 is 0.971 bits per heavy atom. The molecule has 3 aromatic carbocycles. The molecule has 0 saturated heterocycles. The van der Waals surface area contributed by atoms with Gasteiger partial charge in [-0.25, -0.2) is 0 Å². The topological polar surface area (TPSA) is 84.2 Å². The van der Waals surface area contributed by atoms with Crippen LogP contribution in [0.2, 0.25) is 10.0 Å². The molecule has 5 nitrogen and oxygen atoms in total. The van der Waals surface area contributed by atoms with Crippen LogP contribution in [0, 0.1) is 12.8 Å². The minimum atomic E-state index is -1.28. The van der Waals surface area contributed by atoms with E-state index in [2.05, 4.69) is 26.6 Å². The number of nitrogen functional groups attached to an aromatic ring is 1. The van der Waals surface area contributed by atoms with Crippen LogP contribution in [0.4, 0.5) is 17.1 Å². The van der Waals surface area contributed by atoms with Gasteiger partial charge in [0.05, 0.1) is 21.5 Å². The van der Waals surface area contributed by atoms with Crippen LogP contribution in [0.3, 0.4) is 0 Å². The Bertz CT molecular complexity index is 1320. The Morgan fingerprint density at radius 3 is 2.38 bits per heavy atom. The van der Waals surface area contributed by atoms with E-state index in [1.807, 2.05) is 13.0 Å². The van der Waals surface area contributed by atoms with Gasteiger partial charge in [0.2, 0.25) is 5.91 Å². The number of amides is 2. The van der Waals surface area contributed by atoms with Crippen LogP contribution in [-0.2, 0) is 4.79 Å². The molecule has 0 radical (unpaired) electrons. The highest BCUT2D eigenvalue weighted by Gasteiger charge is 2.67. The maximum Gasteiger partial charge on any atom is 0.257 e. The second-order valence-corrected chi connectivity index (χ2v) is 11.1. The second kappa shape index (κ2) is 9.59. The molecular formula is C24H18BrCl4N3O2. The molecule has 2 amide bonds. The first-order chi connectivity index (χ1) is 16.0. The number of nitrogens with one attached hydrogen (secondary N) is 2. The molecule has 0 spiro atoms. The number of benzene rings is 3. The summed E-state index contributed by atoms with van der Waals surface area (Å²) in [5.41, 5.74) is 9.12. The summed E-state index contributed by atoms with van der Waals surface area (Å²) in [6.07, 6.45) is 0. The third-order valence-electron chi connectivity index (χ3n) is 5.62. The second-order valence-electron chi connectivity index (χ2n) is 8.02. The molecule has 176 valence electrons.